The molecule has 1 unspecified atom stereocenters. The number of aryl methyl sites for hydroxylation is 2. The number of pyridine rings is 3. The van der Waals surface area contributed by atoms with Crippen LogP contribution in [0.5, 0.6) is 0 Å². The van der Waals surface area contributed by atoms with Gasteiger partial charge in [0.2, 0.25) is 0 Å². The summed E-state index contributed by atoms with van der Waals surface area (Å²) in [7, 11) is 1.71. The third-order valence-electron chi connectivity index (χ3n) is 7.56. The van der Waals surface area contributed by atoms with Gasteiger partial charge in [0.05, 0.1) is 22.9 Å². The molecule has 3 atom stereocenters. The Kier molecular flexibility index (Phi) is 6.96. The highest BCUT2D eigenvalue weighted by molar-refractivity contribution is 5.89. The van der Waals surface area contributed by atoms with Crippen LogP contribution in [0.4, 0.5) is 10.1 Å². The first-order valence-corrected chi connectivity index (χ1v) is 12.9. The van der Waals surface area contributed by atoms with Crippen molar-refractivity contribution >= 4 is 16.7 Å². The summed E-state index contributed by atoms with van der Waals surface area (Å²) >= 11 is 0. The molecule has 1 aromatic carbocycles. The van der Waals surface area contributed by atoms with Gasteiger partial charge in [-0.25, -0.2) is 9.37 Å². The highest BCUT2D eigenvalue weighted by atomic mass is 19.1. The van der Waals surface area contributed by atoms with E-state index in [4.69, 9.17) is 4.98 Å². The van der Waals surface area contributed by atoms with Gasteiger partial charge >= 0.3 is 0 Å². The third kappa shape index (κ3) is 4.66. The SMILES string of the molecule is CCc1ccc(C(c2cccc(F)c2)N2C[C@H](C)N(c3cc(=O)n(C)c4ccc(C#N)nc34)C[C@H]2C)nc1. The van der Waals surface area contributed by atoms with E-state index in [9.17, 15) is 14.4 Å². The standard InChI is InChI=1S/C30H31FN6O/c1-5-21-9-11-25(33-16-21)30(22-7-6-8-23(31)13-22)37-18-19(2)36(17-20(37)3)27-14-28(38)35(4)26-12-10-24(15-32)34-29(26)27/h6-14,16,19-20,30H,5,17-18H2,1-4H3/t19-,20+,30?/m0/s1. The van der Waals surface area contributed by atoms with Crippen LogP contribution in [0.3, 0.4) is 0 Å². The maximum absolute atomic E-state index is 14.4. The second-order valence-corrected chi connectivity index (χ2v) is 10.1. The molecule has 0 spiro atoms. The van der Waals surface area contributed by atoms with Crippen LogP contribution in [0.2, 0.25) is 0 Å². The van der Waals surface area contributed by atoms with Gasteiger partial charge in [0.1, 0.15) is 23.1 Å². The minimum Gasteiger partial charge on any atom is -0.364 e. The van der Waals surface area contributed by atoms with Gasteiger partial charge in [-0.05, 0) is 61.7 Å². The van der Waals surface area contributed by atoms with Gasteiger partial charge in [-0.3, -0.25) is 14.7 Å². The van der Waals surface area contributed by atoms with Crippen molar-refractivity contribution in [2.24, 2.45) is 7.05 Å². The number of nitrogens with zero attached hydrogens (tertiary/aromatic N) is 6. The van der Waals surface area contributed by atoms with E-state index in [2.05, 4.69) is 47.7 Å². The van der Waals surface area contributed by atoms with Crippen molar-refractivity contribution in [3.8, 4) is 6.07 Å². The van der Waals surface area contributed by atoms with Crippen molar-refractivity contribution in [2.75, 3.05) is 18.0 Å². The summed E-state index contributed by atoms with van der Waals surface area (Å²) in [5.74, 6) is -0.275. The van der Waals surface area contributed by atoms with Crippen molar-refractivity contribution in [3.05, 3.63) is 99.5 Å². The third-order valence-corrected chi connectivity index (χ3v) is 7.56. The van der Waals surface area contributed by atoms with Gasteiger partial charge in [-0.1, -0.05) is 25.1 Å². The van der Waals surface area contributed by atoms with E-state index in [1.54, 1.807) is 41.9 Å². The number of benzene rings is 1. The molecule has 0 aliphatic carbocycles. The Morgan fingerprint density at radius 3 is 2.61 bits per heavy atom. The lowest BCUT2D eigenvalue weighted by Gasteiger charge is -2.48. The minimum atomic E-state index is -0.275. The Bertz CT molecular complexity index is 1570. The molecule has 1 aliphatic rings. The summed E-state index contributed by atoms with van der Waals surface area (Å²) in [5.41, 5.74) is 5.12. The maximum Gasteiger partial charge on any atom is 0.252 e. The van der Waals surface area contributed by atoms with Crippen molar-refractivity contribution in [1.82, 2.24) is 19.4 Å². The average Bonchev–Trinajstić information content (AvgIpc) is 2.93. The van der Waals surface area contributed by atoms with Gasteiger partial charge < -0.3 is 9.47 Å². The van der Waals surface area contributed by atoms with E-state index < -0.39 is 0 Å². The zero-order valence-corrected chi connectivity index (χ0v) is 22.1. The van der Waals surface area contributed by atoms with Crippen molar-refractivity contribution in [3.63, 3.8) is 0 Å². The first-order valence-electron chi connectivity index (χ1n) is 12.9. The topological polar surface area (TPSA) is 78.0 Å². The highest BCUT2D eigenvalue weighted by Crippen LogP contribution is 2.35. The fraction of sp³-hybridized carbons (Fsp3) is 0.333. The Hall–Kier alpha value is -4.09. The molecule has 5 rings (SSSR count). The number of hydrogen-bond acceptors (Lipinski definition) is 6. The lowest BCUT2D eigenvalue weighted by atomic mass is 9.96. The van der Waals surface area contributed by atoms with Gasteiger partial charge in [-0.2, -0.15) is 5.26 Å². The number of nitriles is 1. The molecule has 1 aliphatic heterocycles. The number of anilines is 1. The Balaban J connectivity index is 1.55. The number of piperazine rings is 1. The summed E-state index contributed by atoms with van der Waals surface area (Å²) < 4.78 is 15.9. The number of rotatable bonds is 5. The van der Waals surface area contributed by atoms with Crippen LogP contribution < -0.4 is 10.5 Å². The van der Waals surface area contributed by atoms with Crippen LogP contribution in [0, 0.1) is 17.1 Å². The van der Waals surface area contributed by atoms with Crippen molar-refractivity contribution in [2.45, 2.75) is 45.3 Å². The van der Waals surface area contributed by atoms with Gasteiger partial charge in [0.15, 0.2) is 0 Å². The quantitative estimate of drug-likeness (QED) is 0.391. The first kappa shape index (κ1) is 25.6. The normalized spacial score (nSPS) is 18.9. The molecule has 4 heterocycles. The molecular weight excluding hydrogens is 479 g/mol. The van der Waals surface area contributed by atoms with Crippen molar-refractivity contribution in [1.29, 1.82) is 5.26 Å². The molecule has 0 radical (unpaired) electrons. The fourth-order valence-corrected chi connectivity index (χ4v) is 5.46. The van der Waals surface area contributed by atoms with Crippen LogP contribution in [-0.2, 0) is 13.5 Å². The number of fused-ring (bicyclic) bond motifs is 1. The van der Waals surface area contributed by atoms with E-state index in [0.29, 0.717) is 29.8 Å². The lowest BCUT2D eigenvalue weighted by Crippen LogP contribution is -2.57. The summed E-state index contributed by atoms with van der Waals surface area (Å²) in [4.78, 5) is 26.8. The molecule has 0 bridgehead atoms. The van der Waals surface area contributed by atoms with E-state index >= 15 is 0 Å². The molecule has 0 amide bonds. The predicted molar refractivity (Wildman–Crippen MR) is 147 cm³/mol. The Labute approximate surface area is 221 Å². The molecule has 38 heavy (non-hydrogen) atoms. The van der Waals surface area contributed by atoms with Gasteiger partial charge in [0, 0.05) is 44.5 Å². The fourth-order valence-electron chi connectivity index (χ4n) is 5.46. The molecule has 4 aromatic rings. The predicted octanol–water partition coefficient (Wildman–Crippen LogP) is 4.59. The second-order valence-electron chi connectivity index (χ2n) is 10.1. The number of aromatic nitrogens is 3. The first-order chi connectivity index (χ1) is 18.3. The van der Waals surface area contributed by atoms with Crippen LogP contribution in [-0.4, -0.2) is 44.6 Å². The summed E-state index contributed by atoms with van der Waals surface area (Å²) in [6.07, 6.45) is 2.80. The Morgan fingerprint density at radius 2 is 1.92 bits per heavy atom. The van der Waals surface area contributed by atoms with Gasteiger partial charge in [0.25, 0.3) is 5.56 Å². The molecule has 194 valence electrons. The van der Waals surface area contributed by atoms with Crippen LogP contribution in [0.1, 0.15) is 49.3 Å². The van der Waals surface area contributed by atoms with E-state index in [1.165, 1.54) is 6.07 Å². The largest absolute Gasteiger partial charge is 0.364 e. The summed E-state index contributed by atoms with van der Waals surface area (Å²) in [6, 6.07) is 17.9. The summed E-state index contributed by atoms with van der Waals surface area (Å²) in [6.45, 7) is 7.64. The monoisotopic (exact) mass is 510 g/mol. The smallest absolute Gasteiger partial charge is 0.252 e. The Morgan fingerprint density at radius 1 is 1.11 bits per heavy atom. The van der Waals surface area contributed by atoms with Crippen LogP contribution in [0.25, 0.3) is 11.0 Å². The molecule has 8 heteroatoms. The average molecular weight is 511 g/mol. The van der Waals surface area contributed by atoms with E-state index in [-0.39, 0.29) is 29.5 Å². The molecule has 7 nitrogen and oxygen atoms in total. The van der Waals surface area contributed by atoms with Gasteiger partial charge in [-0.15, -0.1) is 0 Å². The second kappa shape index (κ2) is 10.3. The zero-order chi connectivity index (χ0) is 27.0. The highest BCUT2D eigenvalue weighted by Gasteiger charge is 2.36. The molecule has 0 N–H and O–H groups in total. The van der Waals surface area contributed by atoms with E-state index in [0.717, 1.165) is 28.9 Å². The maximum atomic E-state index is 14.4. The van der Waals surface area contributed by atoms with E-state index in [1.807, 2.05) is 18.3 Å². The number of halogens is 1. The van der Waals surface area contributed by atoms with Crippen LogP contribution in [0.15, 0.2) is 65.6 Å². The molecule has 3 aromatic heterocycles. The van der Waals surface area contributed by atoms with Crippen molar-refractivity contribution < 1.29 is 4.39 Å². The molecular formula is C30H31FN6O. The minimum absolute atomic E-state index is 0.0139. The summed E-state index contributed by atoms with van der Waals surface area (Å²) in [5, 5.41) is 9.45. The van der Waals surface area contributed by atoms with Crippen LogP contribution >= 0.6 is 0 Å². The number of hydrogen-bond donors (Lipinski definition) is 0. The molecule has 0 saturated carbocycles. The zero-order valence-electron chi connectivity index (χ0n) is 22.1. The molecule has 1 saturated heterocycles. The molecule has 1 fully saturated rings. The lowest BCUT2D eigenvalue weighted by molar-refractivity contribution is 0.127.